The van der Waals surface area contributed by atoms with Crippen molar-refractivity contribution in [2.45, 2.75) is 25.5 Å². The van der Waals surface area contributed by atoms with Gasteiger partial charge in [-0.3, -0.25) is 4.90 Å². The van der Waals surface area contributed by atoms with Crippen LogP contribution < -0.4 is 4.74 Å². The van der Waals surface area contributed by atoms with Gasteiger partial charge in [-0.25, -0.2) is 0 Å². The molecule has 1 aromatic rings. The van der Waals surface area contributed by atoms with Crippen molar-refractivity contribution in [3.05, 3.63) is 29.8 Å². The van der Waals surface area contributed by atoms with Crippen molar-refractivity contribution >= 4 is 0 Å². The van der Waals surface area contributed by atoms with Gasteiger partial charge in [0.25, 0.3) is 0 Å². The van der Waals surface area contributed by atoms with Crippen molar-refractivity contribution in [1.29, 1.82) is 5.26 Å². The molecule has 2 unspecified atom stereocenters. The van der Waals surface area contributed by atoms with Crippen molar-refractivity contribution in [2.75, 3.05) is 26.8 Å². The van der Waals surface area contributed by atoms with Crippen LogP contribution in [0.5, 0.6) is 5.75 Å². The second kappa shape index (κ2) is 6.55. The van der Waals surface area contributed by atoms with Crippen molar-refractivity contribution in [3.63, 3.8) is 0 Å². The van der Waals surface area contributed by atoms with E-state index < -0.39 is 0 Å². The molecule has 1 aliphatic rings. The first-order valence-electron chi connectivity index (χ1n) is 6.65. The number of hydrogen-bond donors (Lipinski definition) is 0. The summed E-state index contributed by atoms with van der Waals surface area (Å²) in [5, 5.41) is 8.82. The predicted molar refractivity (Wildman–Crippen MR) is 73.1 cm³/mol. The van der Waals surface area contributed by atoms with Crippen LogP contribution in [-0.4, -0.2) is 43.9 Å². The molecule has 1 saturated heterocycles. The summed E-state index contributed by atoms with van der Waals surface area (Å²) in [6.07, 6.45) is 1.38. The summed E-state index contributed by atoms with van der Waals surface area (Å²) in [7, 11) is 2.10. The maximum atomic E-state index is 8.82. The Labute approximate surface area is 114 Å². The highest BCUT2D eigenvalue weighted by Gasteiger charge is 2.27. The summed E-state index contributed by atoms with van der Waals surface area (Å²) in [5.74, 6) is 0.753. The smallest absolute Gasteiger partial charge is 0.120 e. The number of rotatable bonds is 5. The van der Waals surface area contributed by atoms with Gasteiger partial charge in [-0.15, -0.1) is 0 Å². The molecule has 102 valence electrons. The Morgan fingerprint density at radius 3 is 3.05 bits per heavy atom. The van der Waals surface area contributed by atoms with Crippen LogP contribution >= 0.6 is 0 Å². The Morgan fingerprint density at radius 2 is 2.37 bits per heavy atom. The monoisotopic (exact) mass is 260 g/mol. The molecule has 4 nitrogen and oxygen atoms in total. The van der Waals surface area contributed by atoms with Gasteiger partial charge in [-0.2, -0.15) is 5.26 Å². The zero-order valence-corrected chi connectivity index (χ0v) is 11.5. The molecule has 1 aromatic carbocycles. The molecular formula is C15H20N2O2. The van der Waals surface area contributed by atoms with Crippen molar-refractivity contribution in [1.82, 2.24) is 4.90 Å². The fourth-order valence-corrected chi connectivity index (χ4v) is 2.43. The summed E-state index contributed by atoms with van der Waals surface area (Å²) < 4.78 is 11.2. The van der Waals surface area contributed by atoms with Crippen molar-refractivity contribution in [3.8, 4) is 11.8 Å². The number of ether oxygens (including phenoxy) is 2. The van der Waals surface area contributed by atoms with Crippen LogP contribution in [0.3, 0.4) is 0 Å². The molecule has 0 bridgehead atoms. The lowest BCUT2D eigenvalue weighted by molar-refractivity contribution is 0.0787. The first-order chi connectivity index (χ1) is 9.20. The third-order valence-electron chi connectivity index (χ3n) is 3.58. The number of likely N-dealkylation sites (N-methyl/N-ethyl adjacent to an activating group) is 1. The fourth-order valence-electron chi connectivity index (χ4n) is 2.43. The maximum Gasteiger partial charge on any atom is 0.120 e. The maximum absolute atomic E-state index is 8.82. The summed E-state index contributed by atoms with van der Waals surface area (Å²) in [4.78, 5) is 2.28. The zero-order chi connectivity index (χ0) is 13.7. The minimum atomic E-state index is 0.298. The largest absolute Gasteiger partial charge is 0.492 e. The van der Waals surface area contributed by atoms with E-state index in [9.17, 15) is 0 Å². The lowest BCUT2D eigenvalue weighted by Gasteiger charge is -2.26. The summed E-state index contributed by atoms with van der Waals surface area (Å²) in [6, 6.07) is 9.85. The van der Waals surface area contributed by atoms with Gasteiger partial charge in [0.05, 0.1) is 17.7 Å². The third-order valence-corrected chi connectivity index (χ3v) is 3.58. The highest BCUT2D eigenvalue weighted by atomic mass is 16.5. The molecule has 0 radical (unpaired) electrons. The molecule has 0 spiro atoms. The van der Waals surface area contributed by atoms with E-state index in [0.717, 1.165) is 25.3 Å². The molecule has 0 amide bonds. The molecular weight excluding hydrogens is 240 g/mol. The van der Waals surface area contributed by atoms with Gasteiger partial charge < -0.3 is 9.47 Å². The molecule has 0 saturated carbocycles. The van der Waals surface area contributed by atoms with Crippen LogP contribution in [0.25, 0.3) is 0 Å². The van der Waals surface area contributed by atoms with E-state index in [4.69, 9.17) is 14.7 Å². The molecule has 19 heavy (non-hydrogen) atoms. The minimum Gasteiger partial charge on any atom is -0.492 e. The van der Waals surface area contributed by atoms with E-state index in [1.165, 1.54) is 0 Å². The van der Waals surface area contributed by atoms with Crippen LogP contribution in [0.1, 0.15) is 18.9 Å². The second-order valence-corrected chi connectivity index (χ2v) is 4.90. The van der Waals surface area contributed by atoms with Crippen LogP contribution in [0.15, 0.2) is 24.3 Å². The van der Waals surface area contributed by atoms with E-state index in [1.807, 2.05) is 12.1 Å². The minimum absolute atomic E-state index is 0.298. The Balaban J connectivity index is 1.78. The van der Waals surface area contributed by atoms with Gasteiger partial charge in [-0.05, 0) is 38.6 Å². The highest BCUT2D eigenvalue weighted by Crippen LogP contribution is 2.18. The van der Waals surface area contributed by atoms with Gasteiger partial charge in [-0.1, -0.05) is 6.07 Å². The average molecular weight is 260 g/mol. The van der Waals surface area contributed by atoms with E-state index in [-0.39, 0.29) is 0 Å². The van der Waals surface area contributed by atoms with Gasteiger partial charge >= 0.3 is 0 Å². The molecule has 0 aromatic heterocycles. The lowest BCUT2D eigenvalue weighted by Crippen LogP contribution is -2.39. The summed E-state index contributed by atoms with van der Waals surface area (Å²) in [5.41, 5.74) is 0.628. The Hall–Kier alpha value is -1.57. The van der Waals surface area contributed by atoms with Gasteiger partial charge in [0.1, 0.15) is 12.4 Å². The SMILES string of the molecule is CC1OCCC1N(C)CCOc1cccc(C#N)c1. The zero-order valence-electron chi connectivity index (χ0n) is 11.5. The Bertz CT molecular complexity index is 456. The topological polar surface area (TPSA) is 45.5 Å². The van der Waals surface area contributed by atoms with Gasteiger partial charge in [0.15, 0.2) is 0 Å². The summed E-state index contributed by atoms with van der Waals surface area (Å²) in [6.45, 7) is 4.44. The van der Waals surface area contributed by atoms with Crippen molar-refractivity contribution in [2.24, 2.45) is 0 Å². The van der Waals surface area contributed by atoms with Gasteiger partial charge in [0, 0.05) is 19.2 Å². The number of hydrogen-bond acceptors (Lipinski definition) is 4. The fraction of sp³-hybridized carbons (Fsp3) is 0.533. The van der Waals surface area contributed by atoms with Crippen LogP contribution in [-0.2, 0) is 4.74 Å². The average Bonchev–Trinajstić information content (AvgIpc) is 2.85. The normalized spacial score (nSPS) is 22.4. The molecule has 1 fully saturated rings. The molecule has 1 heterocycles. The lowest BCUT2D eigenvalue weighted by atomic mass is 10.1. The summed E-state index contributed by atoms with van der Waals surface area (Å²) >= 11 is 0. The number of benzene rings is 1. The van der Waals surface area contributed by atoms with Crippen molar-refractivity contribution < 1.29 is 9.47 Å². The second-order valence-electron chi connectivity index (χ2n) is 4.90. The Morgan fingerprint density at radius 1 is 1.53 bits per heavy atom. The molecule has 1 aliphatic heterocycles. The molecule has 2 rings (SSSR count). The predicted octanol–water partition coefficient (Wildman–Crippen LogP) is 2.05. The van der Waals surface area contributed by atoms with Crippen LogP contribution in [0.4, 0.5) is 0 Å². The molecule has 0 N–H and O–H groups in total. The molecule has 2 atom stereocenters. The molecule has 0 aliphatic carbocycles. The highest BCUT2D eigenvalue weighted by molar-refractivity contribution is 5.36. The first-order valence-corrected chi connectivity index (χ1v) is 6.65. The Kier molecular flexibility index (Phi) is 4.78. The van der Waals surface area contributed by atoms with Gasteiger partial charge in [0.2, 0.25) is 0 Å². The van der Waals surface area contributed by atoms with Crippen LogP contribution in [0.2, 0.25) is 0 Å². The van der Waals surface area contributed by atoms with Crippen LogP contribution in [0, 0.1) is 11.3 Å². The van der Waals surface area contributed by atoms with E-state index in [0.29, 0.717) is 24.3 Å². The van der Waals surface area contributed by atoms with E-state index in [2.05, 4.69) is 24.9 Å². The number of nitriles is 1. The van der Waals surface area contributed by atoms with E-state index in [1.54, 1.807) is 12.1 Å². The molecule has 4 heteroatoms. The first kappa shape index (κ1) is 13.9. The quantitative estimate of drug-likeness (QED) is 0.813. The third kappa shape index (κ3) is 3.69. The standard InChI is InChI=1S/C15H20N2O2/c1-12-15(6-8-18-12)17(2)7-9-19-14-5-3-4-13(10-14)11-16/h3-5,10,12,15H,6-9H2,1-2H3. The number of nitrogens with zero attached hydrogens (tertiary/aromatic N) is 2. The van der Waals surface area contributed by atoms with E-state index >= 15 is 0 Å².